The number of rotatable bonds is 1. The van der Waals surface area contributed by atoms with Crippen molar-refractivity contribution in [1.29, 1.82) is 0 Å². The molecule has 2 N–H and O–H groups in total. The Morgan fingerprint density at radius 2 is 1.94 bits per heavy atom. The molecule has 2 bridgehead atoms. The fourth-order valence-electron chi connectivity index (χ4n) is 2.58. The minimum absolute atomic E-state index is 0.402. The molecule has 4 atom stereocenters. The van der Waals surface area contributed by atoms with E-state index in [-0.39, 0.29) is 0 Å². The molecule has 0 amide bonds. The summed E-state index contributed by atoms with van der Waals surface area (Å²) in [7, 11) is 0. The number of aliphatic hydroxyl groups excluding tert-OH is 2. The molecule has 2 heterocycles. The number of aliphatic hydroxyl groups is 2. The van der Waals surface area contributed by atoms with Crippen LogP contribution in [0.2, 0.25) is 0 Å². The molecule has 1 aliphatic carbocycles. The molecule has 2 aliphatic heterocycles. The lowest BCUT2D eigenvalue weighted by Crippen LogP contribution is -2.62. The van der Waals surface area contributed by atoms with E-state index in [2.05, 4.69) is 0 Å². The Kier molecular flexibility index (Phi) is 2.26. The summed E-state index contributed by atoms with van der Waals surface area (Å²) in [6.07, 6.45) is -0.835. The molecule has 1 aromatic carbocycles. The minimum Gasteiger partial charge on any atom is -0.387 e. The van der Waals surface area contributed by atoms with E-state index in [0.29, 0.717) is 12.8 Å². The number of fused-ring (bicyclic) bond motifs is 3. The Balaban J connectivity index is 2.03. The third-order valence-electron chi connectivity index (χ3n) is 3.57. The van der Waals surface area contributed by atoms with E-state index in [9.17, 15) is 10.2 Å². The maximum absolute atomic E-state index is 10.1. The Bertz CT molecular complexity index is 370. The van der Waals surface area contributed by atoms with E-state index in [1.807, 2.05) is 30.3 Å². The molecule has 4 nitrogen and oxygen atoms in total. The maximum Gasteiger partial charge on any atom is 0.157 e. The van der Waals surface area contributed by atoms with Gasteiger partial charge in [-0.1, -0.05) is 30.3 Å². The molecule has 0 aromatic heterocycles. The molecule has 4 rings (SSSR count). The van der Waals surface area contributed by atoms with Crippen LogP contribution in [0.4, 0.5) is 0 Å². The van der Waals surface area contributed by atoms with E-state index < -0.39 is 23.9 Å². The largest absolute Gasteiger partial charge is 0.387 e. The van der Waals surface area contributed by atoms with Gasteiger partial charge in [0, 0.05) is 0 Å². The van der Waals surface area contributed by atoms with Crippen molar-refractivity contribution in [2.75, 3.05) is 0 Å². The van der Waals surface area contributed by atoms with Crippen molar-refractivity contribution in [3.8, 4) is 0 Å². The first-order chi connectivity index (χ1) is 7.74. The van der Waals surface area contributed by atoms with Crippen LogP contribution in [-0.4, -0.2) is 28.5 Å². The summed E-state index contributed by atoms with van der Waals surface area (Å²) in [6.45, 7) is 0. The lowest BCUT2D eigenvalue weighted by Gasteiger charge is -2.50. The molecule has 2 saturated heterocycles. The summed E-state index contributed by atoms with van der Waals surface area (Å²) in [5.41, 5.74) is -0.0604. The lowest BCUT2D eigenvalue weighted by atomic mass is 9.74. The van der Waals surface area contributed by atoms with Crippen molar-refractivity contribution in [2.45, 2.75) is 36.8 Å². The van der Waals surface area contributed by atoms with Crippen molar-refractivity contribution in [3.63, 3.8) is 0 Å². The van der Waals surface area contributed by atoms with Crippen LogP contribution in [-0.2, 0) is 15.4 Å². The smallest absolute Gasteiger partial charge is 0.157 e. The fourth-order valence-corrected chi connectivity index (χ4v) is 2.58. The molecule has 3 fully saturated rings. The van der Waals surface area contributed by atoms with Gasteiger partial charge in [-0.25, -0.2) is 9.78 Å². The van der Waals surface area contributed by atoms with Crippen LogP contribution in [0.5, 0.6) is 0 Å². The van der Waals surface area contributed by atoms with Crippen molar-refractivity contribution in [3.05, 3.63) is 35.9 Å². The normalized spacial score (nSPS) is 42.2. The number of hydrogen-bond acceptors (Lipinski definition) is 4. The minimum atomic E-state index is -0.928. The summed E-state index contributed by atoms with van der Waals surface area (Å²) < 4.78 is 0. The van der Waals surface area contributed by atoms with Gasteiger partial charge in [0.2, 0.25) is 0 Å². The third-order valence-corrected chi connectivity index (χ3v) is 3.57. The maximum atomic E-state index is 10.1. The summed E-state index contributed by atoms with van der Waals surface area (Å²) in [6, 6.07) is 9.43. The molecule has 1 aromatic rings. The van der Waals surface area contributed by atoms with Crippen molar-refractivity contribution in [2.24, 2.45) is 0 Å². The molecule has 0 unspecified atom stereocenters. The van der Waals surface area contributed by atoms with Crippen molar-refractivity contribution in [1.82, 2.24) is 0 Å². The van der Waals surface area contributed by atoms with Gasteiger partial charge in [0.15, 0.2) is 5.60 Å². The SMILES string of the molecule is O[C@H]1[C@H]2CC[C@](c3ccccc3)(OO2)[C@H]1O. The zero-order valence-electron chi connectivity index (χ0n) is 8.74. The second kappa shape index (κ2) is 3.53. The fraction of sp³-hybridized carbons (Fsp3) is 0.500. The molecule has 4 heteroatoms. The molecular formula is C12H14O4. The molecule has 0 spiro atoms. The quantitative estimate of drug-likeness (QED) is 0.688. The van der Waals surface area contributed by atoms with Gasteiger partial charge in [-0.2, -0.15) is 0 Å². The van der Waals surface area contributed by atoms with E-state index in [4.69, 9.17) is 9.78 Å². The van der Waals surface area contributed by atoms with Gasteiger partial charge in [-0.3, -0.25) is 0 Å². The highest BCUT2D eigenvalue weighted by molar-refractivity contribution is 5.26. The van der Waals surface area contributed by atoms with Crippen molar-refractivity contribution < 1.29 is 20.0 Å². The van der Waals surface area contributed by atoms with Crippen molar-refractivity contribution >= 4 is 0 Å². The summed E-state index contributed by atoms with van der Waals surface area (Å²) >= 11 is 0. The Morgan fingerprint density at radius 3 is 2.56 bits per heavy atom. The van der Waals surface area contributed by atoms with Gasteiger partial charge < -0.3 is 10.2 Å². The summed E-state index contributed by atoms with van der Waals surface area (Å²) in [5.74, 6) is 0. The van der Waals surface area contributed by atoms with Crippen LogP contribution >= 0.6 is 0 Å². The highest BCUT2D eigenvalue weighted by atomic mass is 17.2. The molecule has 16 heavy (non-hydrogen) atoms. The molecule has 3 aliphatic rings. The average Bonchev–Trinajstić information content (AvgIpc) is 2.37. The van der Waals surface area contributed by atoms with Crippen LogP contribution < -0.4 is 0 Å². The second-order valence-corrected chi connectivity index (χ2v) is 4.45. The monoisotopic (exact) mass is 222 g/mol. The molecule has 1 saturated carbocycles. The van der Waals surface area contributed by atoms with E-state index in [0.717, 1.165) is 5.56 Å². The van der Waals surface area contributed by atoms with Gasteiger partial charge in [0.1, 0.15) is 18.3 Å². The Labute approximate surface area is 93.4 Å². The van der Waals surface area contributed by atoms with Crippen LogP contribution in [0.1, 0.15) is 18.4 Å². The van der Waals surface area contributed by atoms with Gasteiger partial charge in [0.05, 0.1) is 0 Å². The van der Waals surface area contributed by atoms with E-state index in [1.54, 1.807) is 0 Å². The first kappa shape index (κ1) is 10.2. The van der Waals surface area contributed by atoms with Gasteiger partial charge in [-0.15, -0.1) is 0 Å². The topological polar surface area (TPSA) is 58.9 Å². The highest BCUT2D eigenvalue weighted by Gasteiger charge is 2.56. The first-order valence-electron chi connectivity index (χ1n) is 5.50. The Morgan fingerprint density at radius 1 is 1.19 bits per heavy atom. The summed E-state index contributed by atoms with van der Waals surface area (Å²) in [4.78, 5) is 10.4. The zero-order chi connectivity index (χ0) is 11.2. The number of benzene rings is 1. The molecule has 0 radical (unpaired) electrons. The standard InChI is InChI=1S/C12H14O4/c13-10-9-6-7-12(11(10)14,16-15-9)8-4-2-1-3-5-8/h1-5,9-11,13-14H,6-7H2/t9-,10+,11+,12-/m1/s1. The lowest BCUT2D eigenvalue weighted by molar-refractivity contribution is -0.478. The predicted molar refractivity (Wildman–Crippen MR) is 55.3 cm³/mol. The van der Waals surface area contributed by atoms with E-state index in [1.165, 1.54) is 0 Å². The third kappa shape index (κ3) is 1.25. The first-order valence-corrected chi connectivity index (χ1v) is 5.50. The summed E-state index contributed by atoms with van der Waals surface area (Å²) in [5, 5.41) is 20.0. The second-order valence-electron chi connectivity index (χ2n) is 4.45. The van der Waals surface area contributed by atoms with Gasteiger partial charge >= 0.3 is 0 Å². The van der Waals surface area contributed by atoms with Crippen LogP contribution in [0.25, 0.3) is 0 Å². The zero-order valence-corrected chi connectivity index (χ0v) is 8.74. The highest BCUT2D eigenvalue weighted by Crippen LogP contribution is 2.46. The predicted octanol–water partition coefficient (Wildman–Crippen LogP) is 0.728. The van der Waals surface area contributed by atoms with Gasteiger partial charge in [0.25, 0.3) is 0 Å². The molecular weight excluding hydrogens is 208 g/mol. The Hall–Kier alpha value is -0.940. The average molecular weight is 222 g/mol. The van der Waals surface area contributed by atoms with Crippen LogP contribution in [0.3, 0.4) is 0 Å². The van der Waals surface area contributed by atoms with Crippen LogP contribution in [0.15, 0.2) is 30.3 Å². The van der Waals surface area contributed by atoms with Gasteiger partial charge in [-0.05, 0) is 18.4 Å². The van der Waals surface area contributed by atoms with E-state index >= 15 is 0 Å². The molecule has 86 valence electrons. The number of hydrogen-bond donors (Lipinski definition) is 2. The van der Waals surface area contributed by atoms with Crippen LogP contribution in [0, 0.1) is 0 Å².